The third-order valence-corrected chi connectivity index (χ3v) is 13.2. The molecule has 14 N–H and O–H groups in total. The molecule has 23 nitrogen and oxygen atoms in total. The number of hydrogen-bond acceptors (Lipinski definition) is 12. The van der Waals surface area contributed by atoms with E-state index in [4.69, 9.17) is 11.5 Å². The van der Waals surface area contributed by atoms with Crippen molar-refractivity contribution in [2.75, 3.05) is 13.6 Å². The molecule has 0 saturated heterocycles. The Morgan fingerprint density at radius 3 is 1.82 bits per heavy atom. The second-order valence-electron chi connectivity index (χ2n) is 19.1. The van der Waals surface area contributed by atoms with Crippen LogP contribution in [0.1, 0.15) is 74.1 Å². The second kappa shape index (κ2) is 29.4. The van der Waals surface area contributed by atoms with Gasteiger partial charge in [0.05, 0.1) is 25.4 Å². The standard InChI is InChI=1S/C56H68N10O13/c1-4-5-20-45(54(77)64-43(29-48(71)72)52(75)62-41(50(58)73)25-33-14-8-6-9-15-33)66(3)56(79)44(27-36-30-59-40-19-13-12-18-38(36)40)61-46(68)31-60-55(78)49(32(2)35-16-10-7-11-17-35)65-53(76)42(26-34-21-23-37(67)24-22-34)63-51(74)39(57)28-47(69)70/h6-19,21-24,30,32,39,41-45,49,59,67H,4-5,20,25-29,31,57H2,1-3H3,(H2,58,73)(H,60,78)(H,61,68)(H,62,75)(H,63,74)(H,64,77)(H,65,76)(H,69,70)(H,71,72)/t32?,39-,41-,42-,43-,44-,45-,49-/m0/s1. The number of nitrogens with two attached hydrogens (primary N) is 2. The van der Waals surface area contributed by atoms with Gasteiger partial charge in [0.1, 0.15) is 42.0 Å². The van der Waals surface area contributed by atoms with Crippen LogP contribution in [0.5, 0.6) is 5.75 Å². The number of aromatic hydroxyl groups is 1. The molecule has 0 aliphatic rings. The van der Waals surface area contributed by atoms with Gasteiger partial charge in [0.15, 0.2) is 0 Å². The Hall–Kier alpha value is -9.12. The molecule has 0 fully saturated rings. The molecule has 23 heteroatoms. The normalized spacial score (nSPS) is 14.1. The van der Waals surface area contributed by atoms with E-state index in [1.54, 1.807) is 92.0 Å². The van der Waals surface area contributed by atoms with Gasteiger partial charge >= 0.3 is 11.9 Å². The summed E-state index contributed by atoms with van der Waals surface area (Å²) in [7, 11) is 1.32. The molecule has 0 radical (unpaired) electrons. The number of carboxylic acids is 2. The number of amides is 8. The molecule has 0 aliphatic carbocycles. The van der Waals surface area contributed by atoms with Crippen molar-refractivity contribution >= 4 is 70.1 Å². The van der Waals surface area contributed by atoms with Crippen LogP contribution in [0.15, 0.2) is 115 Å². The van der Waals surface area contributed by atoms with Gasteiger partial charge in [0.25, 0.3) is 0 Å². The minimum atomic E-state index is -1.72. The average molecular weight is 1090 g/mol. The van der Waals surface area contributed by atoms with E-state index in [-0.39, 0.29) is 31.4 Å². The van der Waals surface area contributed by atoms with Crippen molar-refractivity contribution in [1.29, 1.82) is 0 Å². The Bertz CT molecular complexity index is 2940. The van der Waals surface area contributed by atoms with Gasteiger partial charge in [-0.1, -0.05) is 118 Å². The summed E-state index contributed by atoms with van der Waals surface area (Å²) in [4.78, 5) is 139. The second-order valence-corrected chi connectivity index (χ2v) is 19.1. The number of carbonyl (C=O) groups excluding carboxylic acids is 8. The van der Waals surface area contributed by atoms with Gasteiger partial charge in [0, 0.05) is 49.3 Å². The molecule has 0 aliphatic heterocycles. The fraction of sp³-hybridized carbons (Fsp3) is 0.357. The fourth-order valence-corrected chi connectivity index (χ4v) is 8.79. The van der Waals surface area contributed by atoms with Crippen LogP contribution < -0.4 is 43.4 Å². The number of H-pyrrole nitrogens is 1. The molecule has 420 valence electrons. The average Bonchev–Trinajstić information content (AvgIpc) is 3.85. The number of unbranched alkanes of at least 4 members (excludes halogenated alkanes) is 1. The first kappa shape index (κ1) is 60.7. The minimum Gasteiger partial charge on any atom is -0.508 e. The molecule has 5 aromatic rings. The van der Waals surface area contributed by atoms with Gasteiger partial charge in [-0.2, -0.15) is 0 Å². The lowest BCUT2D eigenvalue weighted by molar-refractivity contribution is -0.144. The van der Waals surface area contributed by atoms with E-state index in [9.17, 15) is 63.3 Å². The Kier molecular flexibility index (Phi) is 22.6. The highest BCUT2D eigenvalue weighted by molar-refractivity contribution is 5.98. The highest BCUT2D eigenvalue weighted by Gasteiger charge is 2.37. The maximum atomic E-state index is 14.8. The minimum absolute atomic E-state index is 0.0255. The lowest BCUT2D eigenvalue weighted by Crippen LogP contribution is -2.59. The molecular formula is C56H68N10O13. The summed E-state index contributed by atoms with van der Waals surface area (Å²) < 4.78 is 0. The van der Waals surface area contributed by atoms with Gasteiger partial charge in [-0.05, 0) is 46.9 Å². The van der Waals surface area contributed by atoms with Crippen molar-refractivity contribution in [1.82, 2.24) is 41.8 Å². The van der Waals surface area contributed by atoms with Crippen LogP contribution in [0.3, 0.4) is 0 Å². The number of para-hydroxylation sites is 1. The number of nitrogens with one attached hydrogen (secondary N) is 7. The van der Waals surface area contributed by atoms with Crippen LogP contribution in [0.2, 0.25) is 0 Å². The van der Waals surface area contributed by atoms with Crippen molar-refractivity contribution in [3.8, 4) is 5.75 Å². The molecular weight excluding hydrogens is 1020 g/mol. The molecule has 8 amide bonds. The number of carboxylic acid groups (broad SMARTS) is 2. The number of nitrogens with zero attached hydrogens (tertiary/aromatic N) is 1. The van der Waals surface area contributed by atoms with E-state index in [1.165, 1.54) is 31.3 Å². The van der Waals surface area contributed by atoms with Gasteiger partial charge in [-0.15, -0.1) is 0 Å². The van der Waals surface area contributed by atoms with E-state index >= 15 is 0 Å². The van der Waals surface area contributed by atoms with E-state index in [0.29, 0.717) is 40.5 Å². The number of phenols is 1. The first-order valence-electron chi connectivity index (χ1n) is 25.6. The summed E-state index contributed by atoms with van der Waals surface area (Å²) in [5.74, 6) is -10.8. The fourth-order valence-electron chi connectivity index (χ4n) is 8.79. The van der Waals surface area contributed by atoms with Gasteiger partial charge in [-0.3, -0.25) is 47.9 Å². The van der Waals surface area contributed by atoms with E-state index in [0.717, 1.165) is 10.4 Å². The number of rotatable bonds is 30. The third kappa shape index (κ3) is 18.3. The molecule has 8 atom stereocenters. The van der Waals surface area contributed by atoms with Crippen LogP contribution in [-0.2, 0) is 67.2 Å². The molecule has 1 aromatic heterocycles. The van der Waals surface area contributed by atoms with Crippen LogP contribution in [0.4, 0.5) is 0 Å². The highest BCUT2D eigenvalue weighted by Crippen LogP contribution is 2.22. The van der Waals surface area contributed by atoms with Crippen molar-refractivity contribution in [3.05, 3.63) is 138 Å². The summed E-state index contributed by atoms with van der Waals surface area (Å²) in [6, 6.07) is 20.0. The van der Waals surface area contributed by atoms with Crippen molar-refractivity contribution in [3.63, 3.8) is 0 Å². The number of aromatic amines is 1. The van der Waals surface area contributed by atoms with E-state index < -0.39 is 127 Å². The molecule has 1 heterocycles. The van der Waals surface area contributed by atoms with E-state index in [1.807, 2.05) is 13.0 Å². The van der Waals surface area contributed by atoms with Crippen LogP contribution >= 0.6 is 0 Å². The van der Waals surface area contributed by atoms with Crippen LogP contribution in [-0.4, -0.2) is 140 Å². The maximum Gasteiger partial charge on any atom is 0.305 e. The van der Waals surface area contributed by atoms with Crippen molar-refractivity contribution < 1.29 is 63.3 Å². The zero-order valence-corrected chi connectivity index (χ0v) is 44.0. The predicted molar refractivity (Wildman–Crippen MR) is 289 cm³/mol. The van der Waals surface area contributed by atoms with E-state index in [2.05, 4.69) is 36.9 Å². The zero-order chi connectivity index (χ0) is 57.8. The molecule has 1 unspecified atom stereocenters. The zero-order valence-electron chi connectivity index (χ0n) is 44.0. The number of hydrogen-bond donors (Lipinski definition) is 12. The quantitative estimate of drug-likeness (QED) is 0.0306. The third-order valence-electron chi connectivity index (χ3n) is 13.2. The number of aliphatic carboxylic acids is 2. The lowest BCUT2D eigenvalue weighted by atomic mass is 9.92. The Labute approximate surface area is 455 Å². The highest BCUT2D eigenvalue weighted by atomic mass is 16.4. The van der Waals surface area contributed by atoms with Gasteiger partial charge < -0.3 is 68.6 Å². The molecule has 5 rings (SSSR count). The van der Waals surface area contributed by atoms with Gasteiger partial charge in [0.2, 0.25) is 47.3 Å². The number of phenolic OH excluding ortho intramolecular Hbond substituents is 1. The summed E-state index contributed by atoms with van der Waals surface area (Å²) in [6.45, 7) is 2.75. The topological polar surface area (TPSA) is 375 Å². The van der Waals surface area contributed by atoms with Gasteiger partial charge in [-0.25, -0.2) is 0 Å². The molecule has 79 heavy (non-hydrogen) atoms. The summed E-state index contributed by atoms with van der Waals surface area (Å²) in [5.41, 5.74) is 14.5. The number of aromatic nitrogens is 1. The monoisotopic (exact) mass is 1090 g/mol. The van der Waals surface area contributed by atoms with Crippen molar-refractivity contribution in [2.24, 2.45) is 11.5 Å². The first-order valence-corrected chi connectivity index (χ1v) is 25.6. The smallest absolute Gasteiger partial charge is 0.305 e. The predicted octanol–water partition coefficient (Wildman–Crippen LogP) is 1.02. The Morgan fingerprint density at radius 1 is 0.620 bits per heavy atom. The SMILES string of the molecule is CCCC[C@@H](C(=O)N[C@@H](CC(=O)O)C(=O)N[C@@H](Cc1ccccc1)C(N)=O)N(C)C(=O)[C@H](Cc1c[nH]c2ccccc12)NC(=O)CNC(=O)[C@@H](NC(=O)[C@H](Cc1ccc(O)cc1)NC(=O)[C@@H](N)CC(=O)O)C(C)c1ccccc1. The largest absolute Gasteiger partial charge is 0.508 e. The molecule has 0 spiro atoms. The number of likely N-dealkylation sites (N-methyl/N-ethyl adjacent to an activating group) is 1. The summed E-state index contributed by atoms with van der Waals surface area (Å²) >= 11 is 0. The number of fused-ring (bicyclic) bond motifs is 1. The number of primary amides is 1. The molecule has 0 bridgehead atoms. The maximum absolute atomic E-state index is 14.8. The Balaban J connectivity index is 1.39. The number of carbonyl (C=O) groups is 10. The molecule has 0 saturated carbocycles. The van der Waals surface area contributed by atoms with Crippen LogP contribution in [0, 0.1) is 0 Å². The van der Waals surface area contributed by atoms with Crippen LogP contribution in [0.25, 0.3) is 10.9 Å². The molecule has 4 aromatic carbocycles. The first-order chi connectivity index (χ1) is 37.6. The summed E-state index contributed by atoms with van der Waals surface area (Å²) in [6.07, 6.45) is 0.649. The van der Waals surface area contributed by atoms with Crippen molar-refractivity contribution in [2.45, 2.75) is 113 Å². The lowest BCUT2D eigenvalue weighted by Gasteiger charge is -2.32. The summed E-state index contributed by atoms with van der Waals surface area (Å²) in [5, 5.41) is 45.0. The Morgan fingerprint density at radius 2 is 1.19 bits per heavy atom. The number of benzene rings is 4.